The van der Waals surface area contributed by atoms with Gasteiger partial charge in [0.2, 0.25) is 5.91 Å². The number of hydrogen-bond acceptors (Lipinski definition) is 3. The molecule has 1 aliphatic heterocycles. The van der Waals surface area contributed by atoms with Gasteiger partial charge in [-0.2, -0.15) is 0 Å². The lowest BCUT2D eigenvalue weighted by Gasteiger charge is -2.33. The van der Waals surface area contributed by atoms with Crippen LogP contribution in [0.2, 0.25) is 0 Å². The number of carboxylic acid groups (broad SMARTS) is 1. The van der Waals surface area contributed by atoms with Crippen molar-refractivity contribution in [3.05, 3.63) is 0 Å². The van der Waals surface area contributed by atoms with Gasteiger partial charge in [-0.25, -0.2) is 0 Å². The standard InChI is InChI=1S/C13H21NO4/c1-8-5-10(11(6-8)13(16)17)12(15)14-3-4-18-9(2)7-14/h8-11H,3-7H2,1-2H3,(H,16,17). The van der Waals surface area contributed by atoms with Crippen molar-refractivity contribution in [3.8, 4) is 0 Å². The monoisotopic (exact) mass is 255 g/mol. The molecule has 1 amide bonds. The number of carboxylic acids is 1. The van der Waals surface area contributed by atoms with Gasteiger partial charge in [0.1, 0.15) is 0 Å². The highest BCUT2D eigenvalue weighted by molar-refractivity contribution is 5.85. The van der Waals surface area contributed by atoms with Gasteiger partial charge in [0.15, 0.2) is 0 Å². The highest BCUT2D eigenvalue weighted by Crippen LogP contribution is 2.37. The van der Waals surface area contributed by atoms with Crippen molar-refractivity contribution < 1.29 is 19.4 Å². The molecule has 5 heteroatoms. The fraction of sp³-hybridized carbons (Fsp3) is 0.846. The van der Waals surface area contributed by atoms with Gasteiger partial charge in [0.05, 0.1) is 24.5 Å². The van der Waals surface area contributed by atoms with E-state index in [1.165, 1.54) is 0 Å². The molecule has 4 unspecified atom stereocenters. The predicted molar refractivity (Wildman–Crippen MR) is 65.0 cm³/mol. The molecule has 2 fully saturated rings. The van der Waals surface area contributed by atoms with Crippen LogP contribution in [0.15, 0.2) is 0 Å². The largest absolute Gasteiger partial charge is 0.481 e. The van der Waals surface area contributed by atoms with Crippen LogP contribution in [0, 0.1) is 17.8 Å². The Morgan fingerprint density at radius 3 is 2.50 bits per heavy atom. The first-order valence-electron chi connectivity index (χ1n) is 6.62. The molecule has 1 N–H and O–H groups in total. The molecule has 0 bridgehead atoms. The second-order valence-corrected chi connectivity index (χ2v) is 5.59. The average Bonchev–Trinajstić information content (AvgIpc) is 2.70. The van der Waals surface area contributed by atoms with Crippen molar-refractivity contribution >= 4 is 11.9 Å². The molecular formula is C13H21NO4. The quantitative estimate of drug-likeness (QED) is 0.798. The topological polar surface area (TPSA) is 66.8 Å². The van der Waals surface area contributed by atoms with E-state index in [0.717, 1.165) is 0 Å². The Morgan fingerprint density at radius 2 is 1.89 bits per heavy atom. The van der Waals surface area contributed by atoms with E-state index < -0.39 is 11.9 Å². The SMILES string of the molecule is CC1CC(C(=O)O)C(C(=O)N2CCOC(C)C2)C1. The van der Waals surface area contributed by atoms with Crippen molar-refractivity contribution in [2.24, 2.45) is 17.8 Å². The zero-order valence-corrected chi connectivity index (χ0v) is 11.0. The van der Waals surface area contributed by atoms with Gasteiger partial charge < -0.3 is 14.7 Å². The maximum Gasteiger partial charge on any atom is 0.307 e. The first-order valence-corrected chi connectivity index (χ1v) is 6.62. The van der Waals surface area contributed by atoms with E-state index in [0.29, 0.717) is 38.5 Å². The number of carbonyl (C=O) groups excluding carboxylic acids is 1. The molecular weight excluding hydrogens is 234 g/mol. The lowest BCUT2D eigenvalue weighted by Crippen LogP contribution is -2.48. The van der Waals surface area contributed by atoms with E-state index in [1.807, 2.05) is 13.8 Å². The first kappa shape index (κ1) is 13.3. The summed E-state index contributed by atoms with van der Waals surface area (Å²) in [6.45, 7) is 5.67. The fourth-order valence-electron chi connectivity index (χ4n) is 3.09. The van der Waals surface area contributed by atoms with E-state index in [-0.39, 0.29) is 17.9 Å². The van der Waals surface area contributed by atoms with E-state index in [9.17, 15) is 14.7 Å². The highest BCUT2D eigenvalue weighted by Gasteiger charge is 2.43. The Labute approximate surface area is 107 Å². The molecule has 1 saturated heterocycles. The number of rotatable bonds is 2. The fourth-order valence-corrected chi connectivity index (χ4v) is 3.09. The molecule has 0 spiro atoms. The molecule has 1 saturated carbocycles. The lowest BCUT2D eigenvalue weighted by molar-refractivity contribution is -0.152. The van der Waals surface area contributed by atoms with Gasteiger partial charge in [0, 0.05) is 13.1 Å². The maximum atomic E-state index is 12.4. The summed E-state index contributed by atoms with van der Waals surface area (Å²) in [7, 11) is 0. The zero-order chi connectivity index (χ0) is 13.3. The Morgan fingerprint density at radius 1 is 1.22 bits per heavy atom. The normalized spacial score (nSPS) is 36.7. The molecule has 5 nitrogen and oxygen atoms in total. The van der Waals surface area contributed by atoms with E-state index in [1.54, 1.807) is 4.90 Å². The lowest BCUT2D eigenvalue weighted by atomic mass is 9.94. The number of aliphatic carboxylic acids is 1. The van der Waals surface area contributed by atoms with Crippen LogP contribution in [0.25, 0.3) is 0 Å². The third kappa shape index (κ3) is 2.66. The van der Waals surface area contributed by atoms with Crippen molar-refractivity contribution in [1.29, 1.82) is 0 Å². The Balaban J connectivity index is 2.05. The number of hydrogen-bond donors (Lipinski definition) is 1. The van der Waals surface area contributed by atoms with Crippen LogP contribution in [0.1, 0.15) is 26.7 Å². The molecule has 2 rings (SSSR count). The summed E-state index contributed by atoms with van der Waals surface area (Å²) in [6.07, 6.45) is 1.36. The van der Waals surface area contributed by atoms with Crippen molar-refractivity contribution in [3.63, 3.8) is 0 Å². The van der Waals surface area contributed by atoms with E-state index >= 15 is 0 Å². The van der Waals surface area contributed by atoms with Crippen LogP contribution >= 0.6 is 0 Å². The molecule has 0 aromatic carbocycles. The second-order valence-electron chi connectivity index (χ2n) is 5.59. The highest BCUT2D eigenvalue weighted by atomic mass is 16.5. The molecule has 18 heavy (non-hydrogen) atoms. The third-order valence-corrected chi connectivity index (χ3v) is 3.99. The van der Waals surface area contributed by atoms with E-state index in [4.69, 9.17) is 4.74 Å². The van der Waals surface area contributed by atoms with Gasteiger partial charge in [-0.05, 0) is 25.7 Å². The summed E-state index contributed by atoms with van der Waals surface area (Å²) in [5.74, 6) is -1.37. The molecule has 1 heterocycles. The van der Waals surface area contributed by atoms with Gasteiger partial charge in [-0.3, -0.25) is 9.59 Å². The summed E-state index contributed by atoms with van der Waals surface area (Å²) in [6, 6.07) is 0. The van der Waals surface area contributed by atoms with Crippen LogP contribution in [-0.2, 0) is 14.3 Å². The van der Waals surface area contributed by atoms with Gasteiger partial charge in [-0.1, -0.05) is 6.92 Å². The first-order chi connectivity index (χ1) is 8.49. The van der Waals surface area contributed by atoms with Crippen LogP contribution < -0.4 is 0 Å². The Hall–Kier alpha value is -1.10. The maximum absolute atomic E-state index is 12.4. The van der Waals surface area contributed by atoms with Crippen LogP contribution in [0.5, 0.6) is 0 Å². The summed E-state index contributed by atoms with van der Waals surface area (Å²) in [5.41, 5.74) is 0. The zero-order valence-electron chi connectivity index (χ0n) is 11.0. The molecule has 0 radical (unpaired) electrons. The van der Waals surface area contributed by atoms with E-state index in [2.05, 4.69) is 0 Å². The van der Waals surface area contributed by atoms with Gasteiger partial charge in [-0.15, -0.1) is 0 Å². The second kappa shape index (κ2) is 5.26. The van der Waals surface area contributed by atoms with Crippen molar-refractivity contribution in [1.82, 2.24) is 4.90 Å². The number of amides is 1. The minimum absolute atomic E-state index is 0.00176. The molecule has 102 valence electrons. The van der Waals surface area contributed by atoms with Crippen LogP contribution in [0.4, 0.5) is 0 Å². The molecule has 0 aromatic heterocycles. The summed E-state index contributed by atoms with van der Waals surface area (Å²) >= 11 is 0. The number of carbonyl (C=O) groups is 2. The van der Waals surface area contributed by atoms with Crippen molar-refractivity contribution in [2.75, 3.05) is 19.7 Å². The molecule has 1 aliphatic carbocycles. The van der Waals surface area contributed by atoms with Gasteiger partial charge >= 0.3 is 5.97 Å². The predicted octanol–water partition coefficient (Wildman–Crippen LogP) is 0.981. The number of nitrogens with zero attached hydrogens (tertiary/aromatic N) is 1. The smallest absolute Gasteiger partial charge is 0.307 e. The summed E-state index contributed by atoms with van der Waals surface area (Å²) in [4.78, 5) is 25.4. The van der Waals surface area contributed by atoms with Crippen LogP contribution in [-0.4, -0.2) is 47.7 Å². The third-order valence-electron chi connectivity index (χ3n) is 3.99. The molecule has 0 aromatic rings. The van der Waals surface area contributed by atoms with Gasteiger partial charge in [0.25, 0.3) is 0 Å². The average molecular weight is 255 g/mol. The summed E-state index contributed by atoms with van der Waals surface area (Å²) in [5, 5.41) is 9.21. The molecule has 2 aliphatic rings. The summed E-state index contributed by atoms with van der Waals surface area (Å²) < 4.78 is 5.41. The number of morpholine rings is 1. The Bertz CT molecular complexity index is 344. The Kier molecular flexibility index (Phi) is 3.90. The molecule has 4 atom stereocenters. The van der Waals surface area contributed by atoms with Crippen molar-refractivity contribution in [2.45, 2.75) is 32.8 Å². The minimum atomic E-state index is -0.834. The van der Waals surface area contributed by atoms with Crippen LogP contribution in [0.3, 0.4) is 0 Å². The number of ether oxygens (including phenoxy) is 1. The minimum Gasteiger partial charge on any atom is -0.481 e.